The number of carbonyl (C=O) groups excluding carboxylic acids is 1. The Morgan fingerprint density at radius 3 is 2.18 bits per heavy atom. The number of hydrogen-bond acceptors (Lipinski definition) is 5. The summed E-state index contributed by atoms with van der Waals surface area (Å²) in [4.78, 5) is 20.8. The molecule has 0 saturated carbocycles. The first-order chi connectivity index (χ1) is 5.17. The van der Waals surface area contributed by atoms with Crippen LogP contribution in [0.15, 0.2) is 16.7 Å². The first-order valence-electron chi connectivity index (χ1n) is 2.90. The van der Waals surface area contributed by atoms with Gasteiger partial charge < -0.3 is 16.4 Å². The van der Waals surface area contributed by atoms with E-state index in [0.717, 1.165) is 0 Å². The fourth-order valence-electron chi connectivity index (χ4n) is 0.450. The summed E-state index contributed by atoms with van der Waals surface area (Å²) in [5.41, 5.74) is 4.88. The van der Waals surface area contributed by atoms with Gasteiger partial charge in [0, 0.05) is 14.1 Å². The minimum absolute atomic E-state index is 0.0423. The average molecular weight is 158 g/mol. The average Bonchev–Trinajstić information content (AvgIpc) is 2.05. The fraction of sp³-hybridized carbons (Fsp3) is 0.400. The normalized spacial score (nSPS) is 11.5. The van der Waals surface area contributed by atoms with Crippen LogP contribution < -0.4 is 16.4 Å². The van der Waals surface area contributed by atoms with Crippen LogP contribution in [-0.4, -0.2) is 20.0 Å². The standard InChI is InChI=1S/C5H10N4O2/c1-7-4(6)3(9-11)5(10)8-2/h7H,6H2,1-2H3,(H,8,10)/b4-3+. The van der Waals surface area contributed by atoms with Crippen LogP contribution in [-0.2, 0) is 4.79 Å². The lowest BCUT2D eigenvalue weighted by molar-refractivity contribution is -0.117. The summed E-state index contributed by atoms with van der Waals surface area (Å²) in [6.45, 7) is 0. The maximum atomic E-state index is 10.8. The largest absolute Gasteiger partial charge is 0.383 e. The smallest absolute Gasteiger partial charge is 0.277 e. The third-order valence-electron chi connectivity index (χ3n) is 1.06. The second-order valence-corrected chi connectivity index (χ2v) is 1.68. The van der Waals surface area contributed by atoms with Crippen molar-refractivity contribution in [1.29, 1.82) is 0 Å². The van der Waals surface area contributed by atoms with Crippen LogP contribution in [0.3, 0.4) is 0 Å². The first kappa shape index (κ1) is 9.41. The zero-order chi connectivity index (χ0) is 8.85. The van der Waals surface area contributed by atoms with E-state index in [2.05, 4.69) is 15.8 Å². The van der Waals surface area contributed by atoms with Crippen molar-refractivity contribution in [3.8, 4) is 0 Å². The maximum absolute atomic E-state index is 10.8. The molecule has 6 heteroatoms. The van der Waals surface area contributed by atoms with Crippen molar-refractivity contribution in [2.45, 2.75) is 0 Å². The van der Waals surface area contributed by atoms with Gasteiger partial charge in [-0.15, -0.1) is 4.91 Å². The number of likely N-dealkylation sites (N-methyl/N-ethyl adjacent to an activating group) is 1. The molecule has 4 N–H and O–H groups in total. The molecule has 6 nitrogen and oxygen atoms in total. The molecule has 11 heavy (non-hydrogen) atoms. The van der Waals surface area contributed by atoms with Gasteiger partial charge in [0.15, 0.2) is 0 Å². The Bertz CT molecular complexity index is 199. The Morgan fingerprint density at radius 2 is 1.91 bits per heavy atom. The van der Waals surface area contributed by atoms with E-state index in [1.807, 2.05) is 0 Å². The quantitative estimate of drug-likeness (QED) is 0.356. The Kier molecular flexibility index (Phi) is 3.65. The predicted molar refractivity (Wildman–Crippen MR) is 40.1 cm³/mol. The molecule has 0 saturated heterocycles. The van der Waals surface area contributed by atoms with Gasteiger partial charge in [-0.2, -0.15) is 0 Å². The highest BCUT2D eigenvalue weighted by Gasteiger charge is 2.11. The molecule has 0 rings (SSSR count). The van der Waals surface area contributed by atoms with Crippen molar-refractivity contribution in [3.05, 3.63) is 16.4 Å². The molecular formula is C5H10N4O2. The molecule has 0 heterocycles. The van der Waals surface area contributed by atoms with Crippen LogP contribution in [0.25, 0.3) is 0 Å². The molecule has 0 unspecified atom stereocenters. The molecule has 0 spiro atoms. The van der Waals surface area contributed by atoms with Crippen molar-refractivity contribution in [2.75, 3.05) is 14.1 Å². The minimum atomic E-state index is -0.605. The van der Waals surface area contributed by atoms with Crippen LogP contribution in [0.4, 0.5) is 0 Å². The van der Waals surface area contributed by atoms with E-state index >= 15 is 0 Å². The topological polar surface area (TPSA) is 96.6 Å². The molecule has 0 aliphatic carbocycles. The van der Waals surface area contributed by atoms with Gasteiger partial charge in [0.05, 0.1) is 0 Å². The number of nitrogens with two attached hydrogens (primary N) is 1. The summed E-state index contributed by atoms with van der Waals surface area (Å²) in [6.07, 6.45) is 0. The van der Waals surface area contributed by atoms with E-state index in [-0.39, 0.29) is 11.5 Å². The predicted octanol–water partition coefficient (Wildman–Crippen LogP) is -1.15. The first-order valence-corrected chi connectivity index (χ1v) is 2.90. The van der Waals surface area contributed by atoms with Crippen LogP contribution in [0, 0.1) is 4.91 Å². The highest BCUT2D eigenvalue weighted by atomic mass is 16.3. The number of carbonyl (C=O) groups is 1. The lowest BCUT2D eigenvalue weighted by Crippen LogP contribution is -2.26. The number of nitroso groups, excluding NO2 is 1. The molecule has 0 aromatic rings. The van der Waals surface area contributed by atoms with Crippen molar-refractivity contribution in [3.63, 3.8) is 0 Å². The lowest BCUT2D eigenvalue weighted by Gasteiger charge is -2.01. The molecule has 0 aromatic carbocycles. The van der Waals surface area contributed by atoms with Crippen molar-refractivity contribution >= 4 is 5.91 Å². The van der Waals surface area contributed by atoms with Gasteiger partial charge >= 0.3 is 0 Å². The molecule has 0 aliphatic heterocycles. The third-order valence-corrected chi connectivity index (χ3v) is 1.06. The lowest BCUT2D eigenvalue weighted by atomic mass is 10.4. The summed E-state index contributed by atoms with van der Waals surface area (Å²) in [5, 5.41) is 7.11. The van der Waals surface area contributed by atoms with Crippen LogP contribution >= 0.6 is 0 Å². The van der Waals surface area contributed by atoms with Crippen LogP contribution in [0.5, 0.6) is 0 Å². The summed E-state index contributed by atoms with van der Waals surface area (Å²) in [7, 11) is 2.87. The number of hydrogen-bond donors (Lipinski definition) is 3. The molecule has 0 aromatic heterocycles. The summed E-state index contributed by atoms with van der Waals surface area (Å²) >= 11 is 0. The van der Waals surface area contributed by atoms with Gasteiger partial charge in [0.2, 0.25) is 5.70 Å². The summed E-state index contributed by atoms with van der Waals surface area (Å²) in [5.74, 6) is -0.647. The van der Waals surface area contributed by atoms with E-state index < -0.39 is 5.91 Å². The molecule has 0 fully saturated rings. The second kappa shape index (κ2) is 4.26. The molecular weight excluding hydrogens is 148 g/mol. The van der Waals surface area contributed by atoms with Crippen molar-refractivity contribution in [2.24, 2.45) is 10.9 Å². The Morgan fingerprint density at radius 1 is 1.36 bits per heavy atom. The van der Waals surface area contributed by atoms with Gasteiger partial charge in [-0.1, -0.05) is 0 Å². The molecule has 62 valence electrons. The Hall–Kier alpha value is -1.59. The van der Waals surface area contributed by atoms with Crippen LogP contribution in [0.2, 0.25) is 0 Å². The molecule has 1 amide bonds. The van der Waals surface area contributed by atoms with E-state index in [0.29, 0.717) is 0 Å². The number of nitrogens with one attached hydrogen (secondary N) is 2. The third kappa shape index (κ3) is 2.24. The Balaban J connectivity index is 4.64. The molecule has 0 aliphatic rings. The van der Waals surface area contributed by atoms with Crippen LogP contribution in [0.1, 0.15) is 0 Å². The zero-order valence-corrected chi connectivity index (χ0v) is 6.34. The van der Waals surface area contributed by atoms with Crippen molar-refractivity contribution in [1.82, 2.24) is 10.6 Å². The SMILES string of the molecule is CNC(=O)/C(N=O)=C(/N)NC. The minimum Gasteiger partial charge on any atom is -0.383 e. The molecule has 0 atom stereocenters. The van der Waals surface area contributed by atoms with Gasteiger partial charge in [0.25, 0.3) is 5.91 Å². The van der Waals surface area contributed by atoms with Gasteiger partial charge in [-0.3, -0.25) is 4.79 Å². The van der Waals surface area contributed by atoms with Crippen molar-refractivity contribution < 1.29 is 4.79 Å². The van der Waals surface area contributed by atoms with Gasteiger partial charge in [-0.05, 0) is 5.18 Å². The van der Waals surface area contributed by atoms with Gasteiger partial charge in [-0.25, -0.2) is 0 Å². The maximum Gasteiger partial charge on any atom is 0.277 e. The molecule has 0 bridgehead atoms. The van der Waals surface area contributed by atoms with E-state index in [1.165, 1.54) is 14.1 Å². The van der Waals surface area contributed by atoms with Gasteiger partial charge in [0.1, 0.15) is 5.82 Å². The zero-order valence-electron chi connectivity index (χ0n) is 6.34. The number of amides is 1. The van der Waals surface area contributed by atoms with E-state index in [9.17, 15) is 9.70 Å². The molecule has 0 radical (unpaired) electrons. The van der Waals surface area contributed by atoms with E-state index in [4.69, 9.17) is 5.73 Å². The monoisotopic (exact) mass is 158 g/mol. The number of nitrogens with zero attached hydrogens (tertiary/aromatic N) is 1. The fourth-order valence-corrected chi connectivity index (χ4v) is 0.450. The number of rotatable bonds is 3. The highest BCUT2D eigenvalue weighted by Crippen LogP contribution is 1.96. The summed E-state index contributed by atoms with van der Waals surface area (Å²) in [6, 6.07) is 0. The second-order valence-electron chi connectivity index (χ2n) is 1.68. The van der Waals surface area contributed by atoms with E-state index in [1.54, 1.807) is 0 Å². The highest BCUT2D eigenvalue weighted by molar-refractivity contribution is 5.93. The summed E-state index contributed by atoms with van der Waals surface area (Å²) < 4.78 is 0. The Labute approximate surface area is 63.8 Å².